The minimum absolute atomic E-state index is 0.0193. The lowest BCUT2D eigenvalue weighted by atomic mass is 9.82. The summed E-state index contributed by atoms with van der Waals surface area (Å²) in [6, 6.07) is 52.4. The average molecular weight is 514 g/mol. The highest BCUT2D eigenvalue weighted by Gasteiger charge is 2.35. The maximum atomic E-state index is 3.72. The van der Waals surface area contributed by atoms with Gasteiger partial charge >= 0.3 is 0 Å². The summed E-state index contributed by atoms with van der Waals surface area (Å²) in [4.78, 5) is 0. The summed E-state index contributed by atoms with van der Waals surface area (Å²) in [5.41, 5.74) is 14.9. The molecule has 0 saturated heterocycles. The van der Waals surface area contributed by atoms with Crippen molar-refractivity contribution >= 4 is 11.4 Å². The van der Waals surface area contributed by atoms with Crippen LogP contribution in [0.15, 0.2) is 146 Å². The Bertz CT molecular complexity index is 1810. The zero-order valence-corrected chi connectivity index (χ0v) is 22.9. The molecule has 192 valence electrons. The Hall–Kier alpha value is -4.88. The zero-order chi connectivity index (χ0) is 27.1. The van der Waals surface area contributed by atoms with Crippen LogP contribution in [0, 0.1) is 0 Å². The molecule has 7 rings (SSSR count). The van der Waals surface area contributed by atoms with Crippen LogP contribution >= 0.6 is 0 Å². The number of anilines is 2. The molecule has 1 aliphatic carbocycles. The van der Waals surface area contributed by atoms with E-state index in [9.17, 15) is 0 Å². The van der Waals surface area contributed by atoms with Gasteiger partial charge in [-0.1, -0.05) is 135 Å². The van der Waals surface area contributed by atoms with E-state index in [1.165, 1.54) is 55.6 Å². The summed E-state index contributed by atoms with van der Waals surface area (Å²) in [7, 11) is 0. The lowest BCUT2D eigenvalue weighted by Crippen LogP contribution is -2.15. The molecule has 6 aromatic carbocycles. The van der Waals surface area contributed by atoms with Crippen LogP contribution in [0.4, 0.5) is 11.4 Å². The summed E-state index contributed by atoms with van der Waals surface area (Å²) in [6.07, 6.45) is 0. The molecule has 6 aromatic rings. The summed E-state index contributed by atoms with van der Waals surface area (Å²) in [5, 5.41) is 3.72. The molecule has 0 atom stereocenters. The van der Waals surface area contributed by atoms with Crippen molar-refractivity contribution in [1.29, 1.82) is 0 Å². The fourth-order valence-corrected chi connectivity index (χ4v) is 6.15. The van der Waals surface area contributed by atoms with E-state index >= 15 is 0 Å². The molecule has 0 saturated carbocycles. The van der Waals surface area contributed by atoms with E-state index in [-0.39, 0.29) is 5.41 Å². The van der Waals surface area contributed by atoms with E-state index < -0.39 is 0 Å². The Labute approximate surface area is 236 Å². The Morgan fingerprint density at radius 1 is 0.375 bits per heavy atom. The van der Waals surface area contributed by atoms with Gasteiger partial charge in [-0.3, -0.25) is 0 Å². The first kappa shape index (κ1) is 24.2. The monoisotopic (exact) mass is 513 g/mol. The molecule has 0 unspecified atom stereocenters. The maximum absolute atomic E-state index is 3.72. The predicted molar refractivity (Wildman–Crippen MR) is 170 cm³/mol. The van der Waals surface area contributed by atoms with Gasteiger partial charge in [0.25, 0.3) is 0 Å². The number of rotatable bonds is 5. The second-order valence-corrected chi connectivity index (χ2v) is 11.1. The first-order valence-corrected chi connectivity index (χ1v) is 13.9. The Morgan fingerprint density at radius 2 is 0.875 bits per heavy atom. The van der Waals surface area contributed by atoms with Crippen molar-refractivity contribution in [1.82, 2.24) is 0 Å². The van der Waals surface area contributed by atoms with Gasteiger partial charge in [-0.2, -0.15) is 0 Å². The minimum Gasteiger partial charge on any atom is -0.355 e. The minimum atomic E-state index is -0.0193. The third kappa shape index (κ3) is 4.21. The molecule has 1 N–H and O–H groups in total. The molecule has 0 heterocycles. The number of hydrogen-bond acceptors (Lipinski definition) is 1. The number of hydrogen-bond donors (Lipinski definition) is 1. The smallest absolute Gasteiger partial charge is 0.0390 e. The van der Waals surface area contributed by atoms with Gasteiger partial charge in [0.1, 0.15) is 0 Å². The molecule has 0 radical (unpaired) electrons. The summed E-state index contributed by atoms with van der Waals surface area (Å²) >= 11 is 0. The lowest BCUT2D eigenvalue weighted by Gasteiger charge is -2.22. The molecule has 1 nitrogen and oxygen atoms in total. The lowest BCUT2D eigenvalue weighted by molar-refractivity contribution is 0.660. The molecule has 0 amide bonds. The fourth-order valence-electron chi connectivity index (χ4n) is 6.15. The highest BCUT2D eigenvalue weighted by Crippen LogP contribution is 2.49. The van der Waals surface area contributed by atoms with E-state index in [1.54, 1.807) is 0 Å². The number of benzene rings is 6. The molecule has 0 aromatic heterocycles. The van der Waals surface area contributed by atoms with Gasteiger partial charge in [0, 0.05) is 16.8 Å². The largest absolute Gasteiger partial charge is 0.355 e. The van der Waals surface area contributed by atoms with Crippen LogP contribution in [0.25, 0.3) is 44.5 Å². The van der Waals surface area contributed by atoms with Crippen LogP contribution in [-0.4, -0.2) is 0 Å². The van der Waals surface area contributed by atoms with Crippen molar-refractivity contribution in [2.24, 2.45) is 0 Å². The molecular formula is C39H31N. The number of nitrogens with one attached hydrogen (secondary N) is 1. The second-order valence-electron chi connectivity index (χ2n) is 11.1. The first-order chi connectivity index (χ1) is 19.6. The fraction of sp³-hybridized carbons (Fsp3) is 0.0769. The quantitative estimate of drug-likeness (QED) is 0.242. The number of fused-ring (bicyclic) bond motifs is 3. The summed E-state index contributed by atoms with van der Waals surface area (Å²) in [6.45, 7) is 4.65. The SMILES string of the molecule is CC1(C)c2ccccc2-c2ccc(Nc3ccc(-c4ccc(-c5ccccc5)cc4)c(-c4ccccc4)c3)cc21. The Morgan fingerprint density at radius 3 is 1.60 bits per heavy atom. The van der Waals surface area contributed by atoms with Crippen LogP contribution in [0.1, 0.15) is 25.0 Å². The third-order valence-corrected chi connectivity index (χ3v) is 8.28. The van der Waals surface area contributed by atoms with Gasteiger partial charge in [0.05, 0.1) is 0 Å². The van der Waals surface area contributed by atoms with Gasteiger partial charge in [-0.25, -0.2) is 0 Å². The standard InChI is InChI=1S/C39H31N/c1-39(2)37-16-10-9-15-34(37)35-24-22-32(26-38(35)39)40-31-21-23-33(36(25-31)29-13-7-4-8-14-29)30-19-17-28(18-20-30)27-11-5-3-6-12-27/h3-26,40H,1-2H3. The van der Waals surface area contributed by atoms with Crippen molar-refractivity contribution in [3.05, 3.63) is 157 Å². The zero-order valence-electron chi connectivity index (χ0n) is 22.9. The van der Waals surface area contributed by atoms with E-state index in [4.69, 9.17) is 0 Å². The van der Waals surface area contributed by atoms with Gasteiger partial charge < -0.3 is 5.32 Å². The van der Waals surface area contributed by atoms with Gasteiger partial charge in [0.15, 0.2) is 0 Å². The van der Waals surface area contributed by atoms with Crippen molar-refractivity contribution in [2.45, 2.75) is 19.3 Å². The molecule has 0 fully saturated rings. The molecule has 1 heteroatoms. The Balaban J connectivity index is 1.25. The van der Waals surface area contributed by atoms with Crippen molar-refractivity contribution in [3.63, 3.8) is 0 Å². The van der Waals surface area contributed by atoms with Crippen LogP contribution in [-0.2, 0) is 5.41 Å². The average Bonchev–Trinajstić information content (AvgIpc) is 3.24. The van der Waals surface area contributed by atoms with Crippen molar-refractivity contribution < 1.29 is 0 Å². The van der Waals surface area contributed by atoms with E-state index in [0.29, 0.717) is 0 Å². The summed E-state index contributed by atoms with van der Waals surface area (Å²) in [5.74, 6) is 0. The van der Waals surface area contributed by atoms with Crippen molar-refractivity contribution in [2.75, 3.05) is 5.32 Å². The maximum Gasteiger partial charge on any atom is 0.0390 e. The molecular weight excluding hydrogens is 482 g/mol. The molecule has 40 heavy (non-hydrogen) atoms. The van der Waals surface area contributed by atoms with Crippen LogP contribution in [0.3, 0.4) is 0 Å². The summed E-state index contributed by atoms with van der Waals surface area (Å²) < 4.78 is 0. The second kappa shape index (κ2) is 9.70. The topological polar surface area (TPSA) is 12.0 Å². The van der Waals surface area contributed by atoms with Crippen LogP contribution < -0.4 is 5.32 Å². The molecule has 1 aliphatic rings. The van der Waals surface area contributed by atoms with Crippen LogP contribution in [0.2, 0.25) is 0 Å². The highest BCUT2D eigenvalue weighted by molar-refractivity contribution is 5.88. The van der Waals surface area contributed by atoms with Gasteiger partial charge in [-0.05, 0) is 79.9 Å². The van der Waals surface area contributed by atoms with Gasteiger partial charge in [-0.15, -0.1) is 0 Å². The Kier molecular flexibility index (Phi) is 5.86. The van der Waals surface area contributed by atoms with Gasteiger partial charge in [0.2, 0.25) is 0 Å². The molecule has 0 aliphatic heterocycles. The van der Waals surface area contributed by atoms with E-state index in [1.807, 2.05) is 0 Å². The van der Waals surface area contributed by atoms with E-state index in [2.05, 4.69) is 165 Å². The molecule has 0 bridgehead atoms. The normalized spacial score (nSPS) is 12.9. The van der Waals surface area contributed by atoms with Crippen molar-refractivity contribution in [3.8, 4) is 44.5 Å². The molecule has 0 spiro atoms. The third-order valence-electron chi connectivity index (χ3n) is 8.28. The van der Waals surface area contributed by atoms with Crippen LogP contribution in [0.5, 0.6) is 0 Å². The van der Waals surface area contributed by atoms with E-state index in [0.717, 1.165) is 11.4 Å². The predicted octanol–water partition coefficient (Wildman–Crippen LogP) is 10.7. The first-order valence-electron chi connectivity index (χ1n) is 13.9. The highest BCUT2D eigenvalue weighted by atomic mass is 14.9.